The number of hydrogen-bond donors (Lipinski definition) is 1. The Balaban J connectivity index is 1.27. The highest BCUT2D eigenvalue weighted by atomic mass is 32.2. The first kappa shape index (κ1) is 19.3. The zero-order valence-electron chi connectivity index (χ0n) is 16.6. The maximum atomic E-state index is 11.5. The Hall–Kier alpha value is -3.64. The quantitative estimate of drug-likeness (QED) is 0.422. The number of thioether (sulfide) groups is 1. The lowest BCUT2D eigenvalue weighted by Gasteiger charge is -2.15. The van der Waals surface area contributed by atoms with E-state index < -0.39 is 0 Å². The molecule has 1 amide bonds. The zero-order chi connectivity index (χ0) is 21.0. The second-order valence-corrected chi connectivity index (χ2v) is 8.15. The number of aliphatic imine (C=N–C) groups is 1. The fraction of sp³-hybridized carbons (Fsp3) is 0.0800. The molecule has 0 bridgehead atoms. The lowest BCUT2D eigenvalue weighted by atomic mass is 10.2. The topological polar surface area (TPSA) is 63.6 Å². The van der Waals surface area contributed by atoms with Crippen LogP contribution in [0, 0.1) is 0 Å². The van der Waals surface area contributed by atoms with E-state index in [1.165, 1.54) is 11.8 Å². The summed E-state index contributed by atoms with van der Waals surface area (Å²) in [5, 5.41) is 3.99. The third-order valence-corrected chi connectivity index (χ3v) is 5.92. The minimum atomic E-state index is 0.0319. The summed E-state index contributed by atoms with van der Waals surface area (Å²) < 4.78 is 5.95. The Kier molecular flexibility index (Phi) is 5.37. The van der Waals surface area contributed by atoms with Gasteiger partial charge < -0.3 is 10.1 Å². The van der Waals surface area contributed by atoms with E-state index in [1.807, 2.05) is 79.0 Å². The van der Waals surface area contributed by atoms with Crippen molar-refractivity contribution in [3.05, 3.63) is 90.1 Å². The molecule has 1 aromatic heterocycles. The van der Waals surface area contributed by atoms with Crippen LogP contribution in [0.15, 0.2) is 88.8 Å². The van der Waals surface area contributed by atoms with E-state index in [0.29, 0.717) is 12.4 Å². The van der Waals surface area contributed by atoms with Crippen LogP contribution in [0.25, 0.3) is 10.9 Å². The SMILES string of the molecule is O=C1CSc2cc(N=Cc3cccc(OCc4ccc5ccccc5n4)c3)ccc2N1. The van der Waals surface area contributed by atoms with Crippen molar-refractivity contribution in [2.75, 3.05) is 11.1 Å². The van der Waals surface area contributed by atoms with Gasteiger partial charge in [0.15, 0.2) is 0 Å². The fourth-order valence-corrected chi connectivity index (χ4v) is 4.16. The first-order valence-electron chi connectivity index (χ1n) is 9.91. The lowest BCUT2D eigenvalue weighted by Crippen LogP contribution is -2.18. The molecule has 6 heteroatoms. The average molecular weight is 426 g/mol. The van der Waals surface area contributed by atoms with Gasteiger partial charge in [-0.05, 0) is 48.0 Å². The Morgan fingerprint density at radius 2 is 1.97 bits per heavy atom. The van der Waals surface area contributed by atoms with Gasteiger partial charge in [-0.25, -0.2) is 4.98 Å². The first-order chi connectivity index (χ1) is 15.2. The number of hydrogen-bond acceptors (Lipinski definition) is 5. The van der Waals surface area contributed by atoms with Crippen LogP contribution < -0.4 is 10.1 Å². The van der Waals surface area contributed by atoms with Crippen molar-refractivity contribution in [3.8, 4) is 5.75 Å². The predicted molar refractivity (Wildman–Crippen MR) is 126 cm³/mol. The van der Waals surface area contributed by atoms with Crippen molar-refractivity contribution in [2.24, 2.45) is 4.99 Å². The van der Waals surface area contributed by atoms with Gasteiger partial charge in [0, 0.05) is 16.5 Å². The van der Waals surface area contributed by atoms with Gasteiger partial charge in [0.25, 0.3) is 0 Å². The van der Waals surface area contributed by atoms with Crippen molar-refractivity contribution >= 4 is 46.2 Å². The Morgan fingerprint density at radius 1 is 1.03 bits per heavy atom. The number of pyridine rings is 1. The van der Waals surface area contributed by atoms with Crippen molar-refractivity contribution in [1.29, 1.82) is 0 Å². The molecule has 4 aromatic rings. The van der Waals surface area contributed by atoms with Crippen molar-refractivity contribution in [3.63, 3.8) is 0 Å². The molecule has 0 unspecified atom stereocenters. The molecule has 3 aromatic carbocycles. The van der Waals surface area contributed by atoms with Crippen LogP contribution in [0.2, 0.25) is 0 Å². The Labute approximate surface area is 184 Å². The van der Waals surface area contributed by atoms with E-state index >= 15 is 0 Å². The molecule has 152 valence electrons. The number of para-hydroxylation sites is 1. The van der Waals surface area contributed by atoms with E-state index in [1.54, 1.807) is 0 Å². The highest BCUT2D eigenvalue weighted by Crippen LogP contribution is 2.34. The molecule has 0 spiro atoms. The molecule has 0 saturated carbocycles. The van der Waals surface area contributed by atoms with Gasteiger partial charge in [0.1, 0.15) is 12.4 Å². The summed E-state index contributed by atoms with van der Waals surface area (Å²) in [7, 11) is 0. The van der Waals surface area contributed by atoms with Crippen LogP contribution in [0.3, 0.4) is 0 Å². The molecule has 0 atom stereocenters. The number of carbonyl (C=O) groups excluding carboxylic acids is 1. The molecule has 1 N–H and O–H groups in total. The lowest BCUT2D eigenvalue weighted by molar-refractivity contribution is -0.113. The van der Waals surface area contributed by atoms with Crippen molar-refractivity contribution in [1.82, 2.24) is 4.98 Å². The highest BCUT2D eigenvalue weighted by Gasteiger charge is 2.15. The van der Waals surface area contributed by atoms with Gasteiger partial charge in [0.2, 0.25) is 5.91 Å². The molecule has 5 nitrogen and oxygen atoms in total. The summed E-state index contributed by atoms with van der Waals surface area (Å²) in [5.74, 6) is 1.23. The smallest absolute Gasteiger partial charge is 0.234 e. The first-order valence-corrected chi connectivity index (χ1v) is 10.9. The van der Waals surface area contributed by atoms with Crippen LogP contribution in [0.5, 0.6) is 5.75 Å². The van der Waals surface area contributed by atoms with Gasteiger partial charge in [-0.1, -0.05) is 36.4 Å². The van der Waals surface area contributed by atoms with Crippen LogP contribution in [0.4, 0.5) is 11.4 Å². The summed E-state index contributed by atoms with van der Waals surface area (Å²) in [4.78, 5) is 21.7. The number of nitrogens with one attached hydrogen (secondary N) is 1. The van der Waals surface area contributed by atoms with E-state index in [-0.39, 0.29) is 5.91 Å². The summed E-state index contributed by atoms with van der Waals surface area (Å²) in [6.07, 6.45) is 1.81. The van der Waals surface area contributed by atoms with Crippen LogP contribution in [-0.4, -0.2) is 22.9 Å². The normalized spacial score (nSPS) is 13.2. The van der Waals surface area contributed by atoms with E-state index in [0.717, 1.165) is 44.2 Å². The summed E-state index contributed by atoms with van der Waals surface area (Å²) in [6.45, 7) is 0.402. The molecule has 2 heterocycles. The van der Waals surface area contributed by atoms with E-state index in [4.69, 9.17) is 4.74 Å². The second-order valence-electron chi connectivity index (χ2n) is 7.13. The van der Waals surface area contributed by atoms with Crippen LogP contribution in [-0.2, 0) is 11.4 Å². The molecule has 0 saturated heterocycles. The molecule has 1 aliphatic rings. The Bertz CT molecular complexity index is 1300. The summed E-state index contributed by atoms with van der Waals surface area (Å²) in [5.41, 5.74) is 4.48. The summed E-state index contributed by atoms with van der Waals surface area (Å²) >= 11 is 1.53. The number of nitrogens with zero attached hydrogens (tertiary/aromatic N) is 2. The number of anilines is 1. The maximum Gasteiger partial charge on any atom is 0.234 e. The molecule has 31 heavy (non-hydrogen) atoms. The number of benzene rings is 3. The van der Waals surface area contributed by atoms with Gasteiger partial charge in [-0.3, -0.25) is 9.79 Å². The molecule has 5 rings (SSSR count). The van der Waals surface area contributed by atoms with E-state index in [9.17, 15) is 4.79 Å². The second kappa shape index (κ2) is 8.62. The number of carbonyl (C=O) groups is 1. The van der Waals surface area contributed by atoms with Gasteiger partial charge in [-0.15, -0.1) is 11.8 Å². The monoisotopic (exact) mass is 425 g/mol. The fourth-order valence-electron chi connectivity index (χ4n) is 3.32. The third kappa shape index (κ3) is 4.59. The third-order valence-electron chi connectivity index (χ3n) is 4.86. The van der Waals surface area contributed by atoms with Crippen LogP contribution >= 0.6 is 11.8 Å². The number of ether oxygens (including phenoxy) is 1. The standard InChI is InChI=1S/C25H19N3O2S/c29-25-16-31-24-13-19(10-11-23(24)28-25)26-14-17-4-3-6-21(12-17)30-15-20-9-8-18-5-1-2-7-22(18)27-20/h1-14H,15-16H2,(H,28,29). The van der Waals surface area contributed by atoms with E-state index in [2.05, 4.69) is 21.4 Å². The van der Waals surface area contributed by atoms with Crippen molar-refractivity contribution < 1.29 is 9.53 Å². The molecular formula is C25H19N3O2S. The largest absolute Gasteiger partial charge is 0.487 e. The molecule has 0 radical (unpaired) electrons. The predicted octanol–water partition coefficient (Wildman–Crippen LogP) is 5.61. The van der Waals surface area contributed by atoms with Gasteiger partial charge in [0.05, 0.1) is 28.3 Å². The zero-order valence-corrected chi connectivity index (χ0v) is 17.4. The molecular weight excluding hydrogens is 406 g/mol. The molecule has 0 aliphatic carbocycles. The summed E-state index contributed by atoms with van der Waals surface area (Å²) in [6, 6.07) is 25.7. The van der Waals surface area contributed by atoms with Gasteiger partial charge >= 0.3 is 0 Å². The molecule has 0 fully saturated rings. The number of rotatable bonds is 5. The van der Waals surface area contributed by atoms with Gasteiger partial charge in [-0.2, -0.15) is 0 Å². The molecule has 1 aliphatic heterocycles. The number of amides is 1. The average Bonchev–Trinajstić information content (AvgIpc) is 2.81. The number of fused-ring (bicyclic) bond motifs is 2. The minimum absolute atomic E-state index is 0.0319. The highest BCUT2D eigenvalue weighted by molar-refractivity contribution is 8.00. The maximum absolute atomic E-state index is 11.5. The van der Waals surface area contributed by atoms with Crippen molar-refractivity contribution in [2.45, 2.75) is 11.5 Å². The Morgan fingerprint density at radius 3 is 2.94 bits per heavy atom. The number of aromatic nitrogens is 1. The minimum Gasteiger partial charge on any atom is -0.487 e. The van der Waals surface area contributed by atoms with Crippen LogP contribution in [0.1, 0.15) is 11.3 Å².